The Morgan fingerprint density at radius 3 is 2.64 bits per heavy atom. The predicted molar refractivity (Wildman–Crippen MR) is 105 cm³/mol. The number of rotatable bonds is 6. The van der Waals surface area contributed by atoms with E-state index in [9.17, 15) is 4.79 Å². The maximum Gasteiger partial charge on any atom is 0.257 e. The minimum atomic E-state index is -0.179. The van der Waals surface area contributed by atoms with Crippen LogP contribution in [0, 0.1) is 0 Å². The van der Waals surface area contributed by atoms with E-state index in [1.807, 2.05) is 48.5 Å². The van der Waals surface area contributed by atoms with Crippen LogP contribution in [0.4, 0.5) is 5.13 Å². The van der Waals surface area contributed by atoms with Gasteiger partial charge in [-0.15, -0.1) is 10.2 Å². The summed E-state index contributed by atoms with van der Waals surface area (Å²) in [4.78, 5) is 12.3. The molecule has 4 nitrogen and oxygen atoms in total. The highest BCUT2D eigenvalue weighted by Crippen LogP contribution is 2.30. The first kappa shape index (κ1) is 17.9. The summed E-state index contributed by atoms with van der Waals surface area (Å²) >= 11 is 9.05. The fraction of sp³-hybridized carbons (Fsp3) is 0.167. The van der Waals surface area contributed by atoms with Gasteiger partial charge in [-0.3, -0.25) is 10.1 Å². The highest BCUT2D eigenvalue weighted by Gasteiger charge is 2.11. The summed E-state index contributed by atoms with van der Waals surface area (Å²) in [7, 11) is 0. The second-order valence-electron chi connectivity index (χ2n) is 5.26. The molecule has 0 aliphatic carbocycles. The van der Waals surface area contributed by atoms with E-state index in [2.05, 4.69) is 22.4 Å². The second-order valence-corrected chi connectivity index (χ2v) is 7.86. The molecule has 1 aromatic heterocycles. The first-order valence-electron chi connectivity index (χ1n) is 7.75. The molecule has 0 saturated carbocycles. The van der Waals surface area contributed by atoms with Gasteiger partial charge in [0.15, 0.2) is 4.34 Å². The van der Waals surface area contributed by atoms with E-state index in [1.165, 1.54) is 16.9 Å². The number of thioether (sulfide) groups is 1. The molecule has 1 N–H and O–H groups in total. The van der Waals surface area contributed by atoms with Crippen molar-refractivity contribution in [2.45, 2.75) is 23.4 Å². The fourth-order valence-corrected chi connectivity index (χ4v) is 4.17. The number of hydrogen-bond acceptors (Lipinski definition) is 5. The summed E-state index contributed by atoms with van der Waals surface area (Å²) in [6.45, 7) is 2.08. The summed E-state index contributed by atoms with van der Waals surface area (Å²) in [5.41, 5.74) is 2.86. The van der Waals surface area contributed by atoms with Crippen molar-refractivity contribution in [3.63, 3.8) is 0 Å². The minimum Gasteiger partial charge on any atom is -0.296 e. The van der Waals surface area contributed by atoms with Gasteiger partial charge in [-0.25, -0.2) is 0 Å². The third kappa shape index (κ3) is 4.81. The standard InChI is InChI=1S/C18H16ClN3OS2/c1-2-12-7-9-13(10-8-12)16(23)20-17-21-22-18(25-17)24-11-14-5-3-4-6-15(14)19/h3-10H,2,11H2,1H3,(H,20,21,23). The van der Waals surface area contributed by atoms with Gasteiger partial charge in [-0.05, 0) is 35.7 Å². The molecule has 0 atom stereocenters. The SMILES string of the molecule is CCc1ccc(C(=O)Nc2nnc(SCc3ccccc3Cl)s2)cc1. The molecule has 0 unspecified atom stereocenters. The number of carbonyl (C=O) groups excluding carboxylic acids is 1. The monoisotopic (exact) mass is 389 g/mol. The number of nitrogens with one attached hydrogen (secondary N) is 1. The Morgan fingerprint density at radius 2 is 1.92 bits per heavy atom. The maximum atomic E-state index is 12.3. The number of halogens is 1. The molecular weight excluding hydrogens is 374 g/mol. The maximum absolute atomic E-state index is 12.3. The van der Waals surface area contributed by atoms with Gasteiger partial charge < -0.3 is 0 Å². The van der Waals surface area contributed by atoms with Gasteiger partial charge in [0.25, 0.3) is 5.91 Å². The average Bonchev–Trinajstić information content (AvgIpc) is 3.08. The number of aryl methyl sites for hydroxylation is 1. The molecule has 3 rings (SSSR count). The largest absolute Gasteiger partial charge is 0.296 e. The van der Waals surface area contributed by atoms with Crippen LogP contribution in [-0.4, -0.2) is 16.1 Å². The van der Waals surface area contributed by atoms with Gasteiger partial charge >= 0.3 is 0 Å². The Bertz CT molecular complexity index is 865. The topological polar surface area (TPSA) is 54.9 Å². The van der Waals surface area contributed by atoms with E-state index < -0.39 is 0 Å². The Hall–Kier alpha value is -1.89. The number of hydrogen-bond donors (Lipinski definition) is 1. The molecule has 0 bridgehead atoms. The van der Waals surface area contributed by atoms with E-state index in [1.54, 1.807) is 11.8 Å². The molecule has 0 aliphatic rings. The Labute approximate surface area is 159 Å². The van der Waals surface area contributed by atoms with Crippen LogP contribution in [0.1, 0.15) is 28.4 Å². The zero-order valence-electron chi connectivity index (χ0n) is 13.5. The molecule has 0 aliphatic heterocycles. The van der Waals surface area contributed by atoms with Gasteiger partial charge in [0.1, 0.15) is 0 Å². The zero-order valence-corrected chi connectivity index (χ0v) is 15.9. The Balaban J connectivity index is 1.59. The van der Waals surface area contributed by atoms with Gasteiger partial charge in [-0.2, -0.15) is 0 Å². The first-order chi connectivity index (χ1) is 12.2. The van der Waals surface area contributed by atoms with Crippen molar-refractivity contribution in [1.29, 1.82) is 0 Å². The lowest BCUT2D eigenvalue weighted by atomic mass is 10.1. The molecular formula is C18H16ClN3OS2. The van der Waals surface area contributed by atoms with Crippen LogP contribution < -0.4 is 5.32 Å². The highest BCUT2D eigenvalue weighted by molar-refractivity contribution is 8.00. The lowest BCUT2D eigenvalue weighted by Gasteiger charge is -2.02. The van der Waals surface area contributed by atoms with Crippen LogP contribution in [0.5, 0.6) is 0 Å². The molecule has 0 saturated heterocycles. The summed E-state index contributed by atoms with van der Waals surface area (Å²) in [5, 5.41) is 12.2. The fourth-order valence-electron chi connectivity index (χ4n) is 2.13. The van der Waals surface area contributed by atoms with Crippen LogP contribution in [0.25, 0.3) is 0 Å². The van der Waals surface area contributed by atoms with E-state index in [-0.39, 0.29) is 5.91 Å². The Kier molecular flexibility index (Phi) is 6.07. The number of benzene rings is 2. The highest BCUT2D eigenvalue weighted by atomic mass is 35.5. The Morgan fingerprint density at radius 1 is 1.16 bits per heavy atom. The lowest BCUT2D eigenvalue weighted by Crippen LogP contribution is -2.11. The number of carbonyl (C=O) groups is 1. The van der Waals surface area contributed by atoms with Gasteiger partial charge in [0.05, 0.1) is 0 Å². The van der Waals surface area contributed by atoms with Crippen molar-refractivity contribution >= 4 is 45.7 Å². The van der Waals surface area contributed by atoms with Gasteiger partial charge in [0, 0.05) is 16.3 Å². The molecule has 0 radical (unpaired) electrons. The molecule has 7 heteroatoms. The van der Waals surface area contributed by atoms with Crippen molar-refractivity contribution in [3.05, 3.63) is 70.2 Å². The van der Waals surface area contributed by atoms with Gasteiger partial charge in [-0.1, -0.05) is 72.0 Å². The third-order valence-electron chi connectivity index (χ3n) is 3.56. The van der Waals surface area contributed by atoms with Crippen LogP contribution in [0.15, 0.2) is 52.9 Å². The third-order valence-corrected chi connectivity index (χ3v) is 5.95. The number of nitrogens with zero attached hydrogens (tertiary/aromatic N) is 2. The van der Waals surface area contributed by atoms with Crippen molar-refractivity contribution in [2.75, 3.05) is 5.32 Å². The number of aromatic nitrogens is 2. The quantitative estimate of drug-likeness (QED) is 0.459. The summed E-state index contributed by atoms with van der Waals surface area (Å²) in [5.74, 6) is 0.530. The molecule has 3 aromatic rings. The van der Waals surface area contributed by atoms with Gasteiger partial charge in [0.2, 0.25) is 5.13 Å². The smallest absolute Gasteiger partial charge is 0.257 e. The van der Waals surface area contributed by atoms with Crippen LogP contribution in [0.2, 0.25) is 5.02 Å². The molecule has 1 heterocycles. The van der Waals surface area contributed by atoms with Crippen LogP contribution in [0.3, 0.4) is 0 Å². The molecule has 2 aromatic carbocycles. The zero-order chi connectivity index (χ0) is 17.6. The van der Waals surface area contributed by atoms with E-state index in [0.717, 1.165) is 21.3 Å². The lowest BCUT2D eigenvalue weighted by molar-refractivity contribution is 0.102. The molecule has 1 amide bonds. The van der Waals surface area contributed by atoms with E-state index >= 15 is 0 Å². The second kappa shape index (κ2) is 8.47. The van der Waals surface area contributed by atoms with Crippen molar-refractivity contribution in [2.24, 2.45) is 0 Å². The van der Waals surface area contributed by atoms with Crippen molar-refractivity contribution in [1.82, 2.24) is 10.2 Å². The van der Waals surface area contributed by atoms with Crippen molar-refractivity contribution < 1.29 is 4.79 Å². The molecule has 0 fully saturated rings. The van der Waals surface area contributed by atoms with E-state index in [4.69, 9.17) is 11.6 Å². The van der Waals surface area contributed by atoms with Crippen LogP contribution in [-0.2, 0) is 12.2 Å². The molecule has 25 heavy (non-hydrogen) atoms. The predicted octanol–water partition coefficient (Wildman–Crippen LogP) is 5.30. The number of amides is 1. The minimum absolute atomic E-state index is 0.179. The average molecular weight is 390 g/mol. The first-order valence-corrected chi connectivity index (χ1v) is 9.93. The summed E-state index contributed by atoms with van der Waals surface area (Å²) < 4.78 is 0.788. The summed E-state index contributed by atoms with van der Waals surface area (Å²) in [6, 6.07) is 15.3. The normalized spacial score (nSPS) is 10.6. The van der Waals surface area contributed by atoms with Crippen LogP contribution >= 0.6 is 34.7 Å². The summed E-state index contributed by atoms with van der Waals surface area (Å²) in [6.07, 6.45) is 0.949. The van der Waals surface area contributed by atoms with Crippen molar-refractivity contribution in [3.8, 4) is 0 Å². The van der Waals surface area contributed by atoms with E-state index in [0.29, 0.717) is 16.4 Å². The molecule has 128 valence electrons. The molecule has 0 spiro atoms. The number of anilines is 1.